The fraction of sp³-hybridized carbons (Fsp3) is 0.286. The number of ether oxygens (including phenoxy) is 3. The summed E-state index contributed by atoms with van der Waals surface area (Å²) in [6.07, 6.45) is 0. The van der Waals surface area contributed by atoms with Gasteiger partial charge in [-0.05, 0) is 37.3 Å². The van der Waals surface area contributed by atoms with E-state index < -0.39 is 0 Å². The summed E-state index contributed by atoms with van der Waals surface area (Å²) in [5, 5.41) is 3.71. The minimum absolute atomic E-state index is 0.277. The molecule has 3 rings (SSSR count). The molecule has 0 saturated carbocycles. The molecule has 1 N–H and O–H groups in total. The number of methoxy groups -OCH3 is 1. The third-order valence-electron chi connectivity index (χ3n) is 3.98. The average molecular weight is 369 g/mol. The highest BCUT2D eigenvalue weighted by Crippen LogP contribution is 2.26. The Morgan fingerprint density at radius 2 is 1.74 bits per heavy atom. The SMILES string of the molecule is CCOc1ccc(OCCNC(=O)c2oc3ccccc3c2COC)cc1. The second kappa shape index (κ2) is 9.09. The molecule has 2 aromatic carbocycles. The second-order valence-electron chi connectivity index (χ2n) is 5.85. The second-order valence-corrected chi connectivity index (χ2v) is 5.85. The highest BCUT2D eigenvalue weighted by Gasteiger charge is 2.19. The number of hydrogen-bond acceptors (Lipinski definition) is 5. The van der Waals surface area contributed by atoms with Crippen molar-refractivity contribution in [1.82, 2.24) is 5.32 Å². The molecule has 0 bridgehead atoms. The van der Waals surface area contributed by atoms with Crippen molar-refractivity contribution in [3.05, 3.63) is 59.9 Å². The number of hydrogen-bond donors (Lipinski definition) is 1. The van der Waals surface area contributed by atoms with E-state index in [1.807, 2.05) is 55.5 Å². The molecule has 142 valence electrons. The fourth-order valence-corrected chi connectivity index (χ4v) is 2.78. The van der Waals surface area contributed by atoms with Gasteiger partial charge in [-0.1, -0.05) is 18.2 Å². The Labute approximate surface area is 158 Å². The molecular formula is C21H23NO5. The number of carbonyl (C=O) groups excluding carboxylic acids is 1. The topological polar surface area (TPSA) is 69.9 Å². The maximum Gasteiger partial charge on any atom is 0.287 e. The number of rotatable bonds is 9. The minimum Gasteiger partial charge on any atom is -0.494 e. The zero-order chi connectivity index (χ0) is 19.1. The van der Waals surface area contributed by atoms with Gasteiger partial charge in [-0.3, -0.25) is 4.79 Å². The molecule has 3 aromatic rings. The predicted octanol–water partition coefficient (Wildman–Crippen LogP) is 3.79. The lowest BCUT2D eigenvalue weighted by Gasteiger charge is -2.09. The lowest BCUT2D eigenvalue weighted by Crippen LogP contribution is -2.28. The van der Waals surface area contributed by atoms with Crippen molar-refractivity contribution in [3.8, 4) is 11.5 Å². The van der Waals surface area contributed by atoms with Gasteiger partial charge in [-0.25, -0.2) is 0 Å². The van der Waals surface area contributed by atoms with Gasteiger partial charge in [0.15, 0.2) is 5.76 Å². The molecule has 0 aliphatic carbocycles. The summed E-state index contributed by atoms with van der Waals surface area (Å²) in [6, 6.07) is 14.9. The van der Waals surface area contributed by atoms with Crippen molar-refractivity contribution in [2.75, 3.05) is 26.9 Å². The smallest absolute Gasteiger partial charge is 0.287 e. The highest BCUT2D eigenvalue weighted by molar-refractivity contribution is 5.99. The van der Waals surface area contributed by atoms with Crippen LogP contribution in [0.4, 0.5) is 0 Å². The van der Waals surface area contributed by atoms with Gasteiger partial charge in [0.2, 0.25) is 0 Å². The number of benzene rings is 2. The van der Waals surface area contributed by atoms with Crippen molar-refractivity contribution in [2.24, 2.45) is 0 Å². The Balaban J connectivity index is 1.56. The Hall–Kier alpha value is -2.99. The van der Waals surface area contributed by atoms with Crippen molar-refractivity contribution in [3.63, 3.8) is 0 Å². The quantitative estimate of drug-likeness (QED) is 0.581. The number of carbonyl (C=O) groups is 1. The maximum absolute atomic E-state index is 12.5. The molecular weight excluding hydrogens is 346 g/mol. The van der Waals surface area contributed by atoms with Gasteiger partial charge in [0, 0.05) is 18.1 Å². The van der Waals surface area contributed by atoms with E-state index in [-0.39, 0.29) is 11.7 Å². The van der Waals surface area contributed by atoms with Crippen LogP contribution in [0.2, 0.25) is 0 Å². The van der Waals surface area contributed by atoms with E-state index in [1.54, 1.807) is 7.11 Å². The number of furan rings is 1. The van der Waals surface area contributed by atoms with Gasteiger partial charge in [-0.15, -0.1) is 0 Å². The Morgan fingerprint density at radius 3 is 2.44 bits per heavy atom. The first-order valence-corrected chi connectivity index (χ1v) is 8.86. The van der Waals surface area contributed by atoms with Crippen LogP contribution >= 0.6 is 0 Å². The zero-order valence-corrected chi connectivity index (χ0v) is 15.5. The molecule has 0 aliphatic heterocycles. The van der Waals surface area contributed by atoms with Crippen LogP contribution in [0.15, 0.2) is 52.9 Å². The van der Waals surface area contributed by atoms with Crippen LogP contribution in [0.5, 0.6) is 11.5 Å². The van der Waals surface area contributed by atoms with Crippen molar-refractivity contribution >= 4 is 16.9 Å². The molecule has 1 aromatic heterocycles. The minimum atomic E-state index is -0.284. The fourth-order valence-electron chi connectivity index (χ4n) is 2.78. The van der Waals surface area contributed by atoms with Crippen LogP contribution in [-0.4, -0.2) is 32.8 Å². The predicted molar refractivity (Wildman–Crippen MR) is 102 cm³/mol. The number of amides is 1. The van der Waals surface area contributed by atoms with E-state index in [0.29, 0.717) is 31.9 Å². The zero-order valence-electron chi connectivity index (χ0n) is 15.5. The molecule has 0 saturated heterocycles. The van der Waals surface area contributed by atoms with Gasteiger partial charge >= 0.3 is 0 Å². The lowest BCUT2D eigenvalue weighted by molar-refractivity contribution is 0.0915. The van der Waals surface area contributed by atoms with Crippen LogP contribution in [-0.2, 0) is 11.3 Å². The lowest BCUT2D eigenvalue weighted by atomic mass is 10.1. The van der Waals surface area contributed by atoms with Crippen molar-refractivity contribution in [1.29, 1.82) is 0 Å². The van der Waals surface area contributed by atoms with E-state index in [1.165, 1.54) is 0 Å². The summed E-state index contributed by atoms with van der Waals surface area (Å²) in [5.41, 5.74) is 1.42. The molecule has 0 atom stereocenters. The van der Waals surface area contributed by atoms with Crippen molar-refractivity contribution < 1.29 is 23.4 Å². The summed E-state index contributed by atoms with van der Waals surface area (Å²) >= 11 is 0. The first-order valence-electron chi connectivity index (χ1n) is 8.86. The Kier molecular flexibility index (Phi) is 6.33. The molecule has 0 radical (unpaired) electrons. The third kappa shape index (κ3) is 4.60. The van der Waals surface area contributed by atoms with E-state index in [9.17, 15) is 4.79 Å². The van der Waals surface area contributed by atoms with Gasteiger partial charge in [-0.2, -0.15) is 0 Å². The number of nitrogens with one attached hydrogen (secondary N) is 1. The normalized spacial score (nSPS) is 10.7. The van der Waals surface area contributed by atoms with Gasteiger partial charge in [0.25, 0.3) is 5.91 Å². The highest BCUT2D eigenvalue weighted by atomic mass is 16.5. The summed E-state index contributed by atoms with van der Waals surface area (Å²) in [7, 11) is 1.59. The van der Waals surface area contributed by atoms with E-state index >= 15 is 0 Å². The monoisotopic (exact) mass is 369 g/mol. The Morgan fingerprint density at radius 1 is 1.04 bits per heavy atom. The standard InChI is InChI=1S/C21H23NO5/c1-3-25-15-8-10-16(11-9-15)26-13-12-22-21(23)20-18(14-24-2)17-6-4-5-7-19(17)27-20/h4-11H,3,12-14H2,1-2H3,(H,22,23). The number of para-hydroxylation sites is 1. The third-order valence-corrected chi connectivity index (χ3v) is 3.98. The molecule has 27 heavy (non-hydrogen) atoms. The molecule has 6 nitrogen and oxygen atoms in total. The molecule has 0 spiro atoms. The molecule has 0 aliphatic rings. The summed E-state index contributed by atoms with van der Waals surface area (Å²) in [5.74, 6) is 1.51. The van der Waals surface area contributed by atoms with Crippen LogP contribution in [0, 0.1) is 0 Å². The summed E-state index contributed by atoms with van der Waals surface area (Å²) in [4.78, 5) is 12.5. The summed E-state index contributed by atoms with van der Waals surface area (Å²) < 4.78 is 22.0. The van der Waals surface area contributed by atoms with Crippen LogP contribution in [0.3, 0.4) is 0 Å². The van der Waals surface area contributed by atoms with Gasteiger partial charge in [0.1, 0.15) is 23.7 Å². The Bertz CT molecular complexity index is 885. The van der Waals surface area contributed by atoms with Crippen LogP contribution < -0.4 is 14.8 Å². The molecule has 1 amide bonds. The van der Waals surface area contributed by atoms with E-state index in [0.717, 1.165) is 22.4 Å². The molecule has 6 heteroatoms. The van der Waals surface area contributed by atoms with E-state index in [4.69, 9.17) is 18.6 Å². The first-order chi connectivity index (χ1) is 13.2. The summed E-state index contributed by atoms with van der Waals surface area (Å²) in [6.45, 7) is 3.57. The van der Waals surface area contributed by atoms with Crippen LogP contribution in [0.1, 0.15) is 23.0 Å². The number of fused-ring (bicyclic) bond motifs is 1. The maximum atomic E-state index is 12.5. The van der Waals surface area contributed by atoms with Gasteiger partial charge in [0.05, 0.1) is 19.8 Å². The van der Waals surface area contributed by atoms with Gasteiger partial charge < -0.3 is 23.9 Å². The molecule has 0 fully saturated rings. The average Bonchev–Trinajstić information content (AvgIpc) is 3.06. The van der Waals surface area contributed by atoms with E-state index in [2.05, 4.69) is 5.32 Å². The first kappa shape index (κ1) is 18.8. The largest absolute Gasteiger partial charge is 0.494 e. The molecule has 1 heterocycles. The molecule has 0 unspecified atom stereocenters. The van der Waals surface area contributed by atoms with Crippen molar-refractivity contribution in [2.45, 2.75) is 13.5 Å². The van der Waals surface area contributed by atoms with Crippen LogP contribution in [0.25, 0.3) is 11.0 Å².